The summed E-state index contributed by atoms with van der Waals surface area (Å²) in [7, 11) is 0. The molecule has 1 N–H and O–H groups in total. The molecule has 1 aliphatic heterocycles. The Bertz CT molecular complexity index is 462. The molecule has 1 aromatic carbocycles. The summed E-state index contributed by atoms with van der Waals surface area (Å²) < 4.78 is 0. The van der Waals surface area contributed by atoms with Gasteiger partial charge in [-0.2, -0.15) is 0 Å². The van der Waals surface area contributed by atoms with Crippen LogP contribution >= 0.6 is 0 Å². The molecule has 0 aromatic heterocycles. The number of hydrogen-bond acceptors (Lipinski definition) is 2. The Labute approximate surface area is 124 Å². The van der Waals surface area contributed by atoms with Gasteiger partial charge >= 0.3 is 0 Å². The summed E-state index contributed by atoms with van der Waals surface area (Å²) >= 11 is 0. The second-order valence-corrected chi connectivity index (χ2v) is 7.05. The number of hydrogen-bond donors (Lipinski definition) is 1. The zero-order valence-corrected chi connectivity index (χ0v) is 14.0. The quantitative estimate of drug-likeness (QED) is 0.880. The Morgan fingerprint density at radius 3 is 2.65 bits per heavy atom. The van der Waals surface area contributed by atoms with Crippen molar-refractivity contribution in [3.63, 3.8) is 0 Å². The summed E-state index contributed by atoms with van der Waals surface area (Å²) in [6, 6.07) is 7.56. The van der Waals surface area contributed by atoms with Gasteiger partial charge < -0.3 is 10.2 Å². The Hall–Kier alpha value is -1.02. The van der Waals surface area contributed by atoms with Crippen molar-refractivity contribution >= 4 is 5.69 Å². The van der Waals surface area contributed by atoms with E-state index in [0.717, 1.165) is 13.1 Å². The minimum Gasteiger partial charge on any atom is -0.364 e. The van der Waals surface area contributed by atoms with E-state index in [-0.39, 0.29) is 5.54 Å². The fourth-order valence-electron chi connectivity index (χ4n) is 3.86. The highest BCUT2D eigenvalue weighted by molar-refractivity contribution is 5.61. The van der Waals surface area contributed by atoms with Gasteiger partial charge in [-0.3, -0.25) is 0 Å². The van der Waals surface area contributed by atoms with Gasteiger partial charge in [-0.1, -0.05) is 26.0 Å². The number of nitrogens with one attached hydrogen (secondary N) is 1. The van der Waals surface area contributed by atoms with Crippen molar-refractivity contribution in [2.45, 2.75) is 72.0 Å². The molecule has 0 saturated carbocycles. The third kappa shape index (κ3) is 2.85. The molecule has 0 saturated heterocycles. The van der Waals surface area contributed by atoms with Gasteiger partial charge in [0.15, 0.2) is 0 Å². The molecule has 112 valence electrons. The predicted molar refractivity (Wildman–Crippen MR) is 88.5 cm³/mol. The van der Waals surface area contributed by atoms with Crippen LogP contribution in [0.25, 0.3) is 0 Å². The van der Waals surface area contributed by atoms with Crippen LogP contribution in [0, 0.1) is 0 Å². The van der Waals surface area contributed by atoms with Gasteiger partial charge in [0.05, 0.1) is 0 Å². The average Bonchev–Trinajstić information content (AvgIpc) is 2.35. The molecule has 0 aliphatic carbocycles. The van der Waals surface area contributed by atoms with E-state index in [1.807, 2.05) is 0 Å². The van der Waals surface area contributed by atoms with E-state index in [2.05, 4.69) is 70.0 Å². The van der Waals surface area contributed by atoms with Crippen LogP contribution in [0.15, 0.2) is 18.2 Å². The second-order valence-electron chi connectivity index (χ2n) is 7.05. The Morgan fingerprint density at radius 1 is 1.35 bits per heavy atom. The highest BCUT2D eigenvalue weighted by Crippen LogP contribution is 2.44. The molecular weight excluding hydrogens is 244 g/mol. The Kier molecular flexibility index (Phi) is 4.43. The van der Waals surface area contributed by atoms with Crippen molar-refractivity contribution in [1.82, 2.24) is 5.32 Å². The zero-order valence-electron chi connectivity index (χ0n) is 14.0. The molecule has 0 bridgehead atoms. The van der Waals surface area contributed by atoms with Crippen LogP contribution in [0.1, 0.15) is 65.0 Å². The van der Waals surface area contributed by atoms with Gasteiger partial charge in [-0.05, 0) is 63.8 Å². The van der Waals surface area contributed by atoms with Crippen molar-refractivity contribution in [3.8, 4) is 0 Å². The first kappa shape index (κ1) is 15.4. The molecule has 1 atom stereocenters. The van der Waals surface area contributed by atoms with Crippen LogP contribution in [-0.4, -0.2) is 18.1 Å². The normalized spacial score (nSPS) is 21.1. The van der Waals surface area contributed by atoms with Crippen LogP contribution in [0.5, 0.6) is 0 Å². The molecule has 0 radical (unpaired) electrons. The van der Waals surface area contributed by atoms with Crippen LogP contribution < -0.4 is 10.2 Å². The van der Waals surface area contributed by atoms with Gasteiger partial charge in [0, 0.05) is 23.8 Å². The molecule has 1 aliphatic rings. The summed E-state index contributed by atoms with van der Waals surface area (Å²) in [5, 5.41) is 3.42. The fourth-order valence-corrected chi connectivity index (χ4v) is 3.86. The lowest BCUT2D eigenvalue weighted by Gasteiger charge is -2.50. The molecule has 2 rings (SSSR count). The van der Waals surface area contributed by atoms with Crippen molar-refractivity contribution < 1.29 is 0 Å². The summed E-state index contributed by atoms with van der Waals surface area (Å²) in [6.07, 6.45) is 1.23. The summed E-state index contributed by atoms with van der Waals surface area (Å²) in [5.41, 5.74) is 4.60. The largest absolute Gasteiger partial charge is 0.364 e. The van der Waals surface area contributed by atoms with Crippen LogP contribution in [0.4, 0.5) is 5.69 Å². The number of benzene rings is 1. The van der Waals surface area contributed by atoms with Crippen molar-refractivity contribution in [2.75, 3.05) is 11.4 Å². The number of rotatable bonds is 4. The summed E-state index contributed by atoms with van der Waals surface area (Å²) in [5.74, 6) is 0.636. The Balaban J connectivity index is 2.40. The van der Waals surface area contributed by atoms with Gasteiger partial charge in [0.1, 0.15) is 0 Å². The van der Waals surface area contributed by atoms with E-state index in [4.69, 9.17) is 0 Å². The standard InChI is InChI=1S/C18H30N2/c1-7-19-12-15-8-9-17-16(10-15)14(4)11-18(5,6)20(17)13(2)3/h8-10,13-14,19H,7,11-12H2,1-6H3/t14-/m0/s1. The maximum Gasteiger partial charge on any atom is 0.0408 e. The molecule has 0 fully saturated rings. The maximum absolute atomic E-state index is 3.42. The minimum absolute atomic E-state index is 0.240. The molecule has 1 aromatic rings. The van der Waals surface area contributed by atoms with Gasteiger partial charge in [0.2, 0.25) is 0 Å². The van der Waals surface area contributed by atoms with E-state index < -0.39 is 0 Å². The predicted octanol–water partition coefficient (Wildman–Crippen LogP) is 4.30. The number of anilines is 1. The van der Waals surface area contributed by atoms with E-state index >= 15 is 0 Å². The number of nitrogens with zero attached hydrogens (tertiary/aromatic N) is 1. The smallest absolute Gasteiger partial charge is 0.0408 e. The van der Waals surface area contributed by atoms with Gasteiger partial charge in [-0.15, -0.1) is 0 Å². The van der Waals surface area contributed by atoms with Gasteiger partial charge in [-0.25, -0.2) is 0 Å². The van der Waals surface area contributed by atoms with E-state index in [9.17, 15) is 0 Å². The molecule has 0 spiro atoms. The molecule has 20 heavy (non-hydrogen) atoms. The molecular formula is C18H30N2. The third-order valence-electron chi connectivity index (χ3n) is 4.44. The Morgan fingerprint density at radius 2 is 2.05 bits per heavy atom. The molecule has 2 nitrogen and oxygen atoms in total. The maximum atomic E-state index is 3.42. The molecule has 0 amide bonds. The first-order chi connectivity index (χ1) is 9.36. The second kappa shape index (κ2) is 5.77. The fraction of sp³-hybridized carbons (Fsp3) is 0.667. The molecule has 0 unspecified atom stereocenters. The summed E-state index contributed by atoms with van der Waals surface area (Å²) in [4.78, 5) is 2.60. The lowest BCUT2D eigenvalue weighted by atomic mass is 9.79. The molecule has 2 heteroatoms. The van der Waals surface area contributed by atoms with Crippen LogP contribution in [-0.2, 0) is 6.54 Å². The minimum atomic E-state index is 0.240. The molecule has 1 heterocycles. The van der Waals surface area contributed by atoms with Crippen molar-refractivity contribution in [3.05, 3.63) is 29.3 Å². The average molecular weight is 274 g/mol. The van der Waals surface area contributed by atoms with E-state index in [1.54, 1.807) is 0 Å². The highest BCUT2D eigenvalue weighted by atomic mass is 15.2. The monoisotopic (exact) mass is 274 g/mol. The first-order valence-corrected chi connectivity index (χ1v) is 7.99. The van der Waals surface area contributed by atoms with E-state index in [0.29, 0.717) is 12.0 Å². The SMILES string of the molecule is CCNCc1ccc2c(c1)[C@@H](C)CC(C)(C)N2C(C)C. The highest BCUT2D eigenvalue weighted by Gasteiger charge is 2.37. The van der Waals surface area contributed by atoms with E-state index in [1.165, 1.54) is 23.2 Å². The zero-order chi connectivity index (χ0) is 14.9. The van der Waals surface area contributed by atoms with Crippen LogP contribution in [0.2, 0.25) is 0 Å². The van der Waals surface area contributed by atoms with Crippen molar-refractivity contribution in [2.24, 2.45) is 0 Å². The van der Waals surface area contributed by atoms with Gasteiger partial charge in [0.25, 0.3) is 0 Å². The number of fused-ring (bicyclic) bond motifs is 1. The van der Waals surface area contributed by atoms with Crippen molar-refractivity contribution in [1.29, 1.82) is 0 Å². The lowest BCUT2D eigenvalue weighted by molar-refractivity contribution is 0.356. The van der Waals surface area contributed by atoms with Crippen LogP contribution in [0.3, 0.4) is 0 Å². The topological polar surface area (TPSA) is 15.3 Å². The third-order valence-corrected chi connectivity index (χ3v) is 4.44. The first-order valence-electron chi connectivity index (χ1n) is 7.99. The lowest BCUT2D eigenvalue weighted by Crippen LogP contribution is -2.51. The summed E-state index contributed by atoms with van der Waals surface area (Å²) in [6.45, 7) is 15.9.